The van der Waals surface area contributed by atoms with Crippen molar-refractivity contribution in [2.24, 2.45) is 7.05 Å². The van der Waals surface area contributed by atoms with E-state index in [1.165, 1.54) is 16.6 Å². The summed E-state index contributed by atoms with van der Waals surface area (Å²) in [7, 11) is 2.12. The number of hydrogen-bond donors (Lipinski definition) is 0. The van der Waals surface area contributed by atoms with Gasteiger partial charge >= 0.3 is 80.6 Å². The van der Waals surface area contributed by atoms with Gasteiger partial charge in [0.15, 0.2) is 0 Å². The molecule has 0 atom stereocenters. The molecule has 0 fully saturated rings. The van der Waals surface area contributed by atoms with Gasteiger partial charge in [-0.1, -0.05) is 0 Å². The van der Waals surface area contributed by atoms with Crippen LogP contribution in [0.1, 0.15) is 5.69 Å². The summed E-state index contributed by atoms with van der Waals surface area (Å²) in [4.78, 5) is 0. The number of benzene rings is 1. The zero-order valence-corrected chi connectivity index (χ0v) is 8.86. The van der Waals surface area contributed by atoms with Crippen molar-refractivity contribution in [2.45, 2.75) is 5.21 Å². The Morgan fingerprint density at radius 1 is 1.33 bits per heavy atom. The van der Waals surface area contributed by atoms with E-state index >= 15 is 0 Å². The van der Waals surface area contributed by atoms with Gasteiger partial charge in [0, 0.05) is 0 Å². The number of nitrogens with zero attached hydrogens (tertiary/aromatic N) is 1. The zero-order valence-electron chi connectivity index (χ0n) is 6.99. The third kappa shape index (κ3) is 1.09. The van der Waals surface area contributed by atoms with Crippen LogP contribution in [0, 0.1) is 0 Å². The Kier molecular flexibility index (Phi) is 1.98. The number of para-hydroxylation sites is 1. The molecule has 0 saturated heterocycles. The zero-order chi connectivity index (χ0) is 8.55. The second-order valence-corrected chi connectivity index (χ2v) is 3.58. The molecule has 1 aromatic carbocycles. The summed E-state index contributed by atoms with van der Waals surface area (Å²) in [6, 6.07) is 10.7. The predicted octanol–water partition coefficient (Wildman–Crippen LogP) is 1.85. The maximum atomic E-state index is 2.61. The third-order valence-electron chi connectivity index (χ3n) is 2.21. The summed E-state index contributed by atoms with van der Waals surface area (Å²) in [5.74, 6) is 0. The van der Waals surface area contributed by atoms with Crippen LogP contribution in [0.3, 0.4) is 0 Å². The van der Waals surface area contributed by atoms with E-state index < -0.39 is 0 Å². The summed E-state index contributed by atoms with van der Waals surface area (Å²) >= 11 is 2.61. The molecule has 0 saturated carbocycles. The summed E-state index contributed by atoms with van der Waals surface area (Å²) in [5, 5.41) is 2.37. The number of aryl methyl sites for hydroxylation is 1. The second-order valence-electron chi connectivity index (χ2n) is 2.91. The van der Waals surface area contributed by atoms with Crippen LogP contribution in [0.15, 0.2) is 30.3 Å². The van der Waals surface area contributed by atoms with Crippen LogP contribution in [0.4, 0.5) is 0 Å². The number of hydrogen-bond acceptors (Lipinski definition) is 0. The van der Waals surface area contributed by atoms with Gasteiger partial charge in [-0.15, -0.1) is 0 Å². The number of aromatic nitrogens is 1. The number of rotatable bonds is 1. The van der Waals surface area contributed by atoms with Gasteiger partial charge in [-0.05, 0) is 0 Å². The topological polar surface area (TPSA) is 4.93 Å². The first-order valence-corrected chi connectivity index (χ1v) is 5.30. The van der Waals surface area contributed by atoms with Crippen molar-refractivity contribution in [1.82, 2.24) is 4.57 Å². The van der Waals surface area contributed by atoms with E-state index in [9.17, 15) is 0 Å². The van der Waals surface area contributed by atoms with Gasteiger partial charge in [-0.2, -0.15) is 0 Å². The molecular weight excluding hydrogens is 209 g/mol. The van der Waals surface area contributed by atoms with Crippen LogP contribution in [-0.2, 0) is 12.3 Å². The third-order valence-corrected chi connectivity index (χ3v) is 2.89. The standard InChI is InChI=1S/C10H10AsN/c1-12-9(7-11)6-8-4-2-3-5-10(8)12/h2-6H,7H2,1H3. The van der Waals surface area contributed by atoms with Crippen molar-refractivity contribution in [2.75, 3.05) is 0 Å². The van der Waals surface area contributed by atoms with Crippen molar-refractivity contribution in [1.29, 1.82) is 0 Å². The number of fused-ring (bicyclic) bond motifs is 1. The molecule has 1 nitrogen and oxygen atoms in total. The SMILES string of the molecule is Cn1c(C[As])cc2ccccc21. The Morgan fingerprint density at radius 3 is 2.75 bits per heavy atom. The molecule has 1 heterocycles. The minimum atomic E-state index is 1.04. The molecule has 0 spiro atoms. The van der Waals surface area contributed by atoms with Crippen molar-refractivity contribution in [3.63, 3.8) is 0 Å². The van der Waals surface area contributed by atoms with Crippen LogP contribution in [0.5, 0.6) is 0 Å². The average Bonchev–Trinajstić information content (AvgIpc) is 2.44. The molecule has 60 valence electrons. The summed E-state index contributed by atoms with van der Waals surface area (Å²) < 4.78 is 2.24. The molecule has 1 aromatic heterocycles. The molecule has 2 rings (SSSR count). The van der Waals surface area contributed by atoms with E-state index in [0.29, 0.717) is 0 Å². The molecule has 0 aliphatic heterocycles. The van der Waals surface area contributed by atoms with Crippen LogP contribution >= 0.6 is 0 Å². The second kappa shape index (κ2) is 2.99. The molecular formula is C10H10AsN. The van der Waals surface area contributed by atoms with Crippen molar-refractivity contribution in [3.05, 3.63) is 36.0 Å². The first-order chi connectivity index (χ1) is 5.83. The fourth-order valence-corrected chi connectivity index (χ4v) is 2.13. The normalized spacial score (nSPS) is 10.8. The van der Waals surface area contributed by atoms with Gasteiger partial charge in [0.25, 0.3) is 0 Å². The molecule has 12 heavy (non-hydrogen) atoms. The van der Waals surface area contributed by atoms with E-state index in [0.717, 1.165) is 5.21 Å². The Hall–Kier alpha value is -0.682. The molecule has 2 heteroatoms. The van der Waals surface area contributed by atoms with Gasteiger partial charge in [-0.3, -0.25) is 0 Å². The van der Waals surface area contributed by atoms with Crippen LogP contribution < -0.4 is 0 Å². The Balaban J connectivity index is 2.78. The summed E-state index contributed by atoms with van der Waals surface area (Å²) in [5.41, 5.74) is 2.69. The van der Waals surface area contributed by atoms with Crippen LogP contribution in [0.2, 0.25) is 0 Å². The van der Waals surface area contributed by atoms with Crippen molar-refractivity contribution >= 4 is 27.8 Å². The van der Waals surface area contributed by atoms with Gasteiger partial charge in [-0.25, -0.2) is 0 Å². The fourth-order valence-electron chi connectivity index (χ4n) is 1.50. The predicted molar refractivity (Wildman–Crippen MR) is 52.4 cm³/mol. The van der Waals surface area contributed by atoms with E-state index in [4.69, 9.17) is 0 Å². The van der Waals surface area contributed by atoms with E-state index in [1.807, 2.05) is 0 Å². The monoisotopic (exact) mass is 219 g/mol. The molecule has 0 bridgehead atoms. The minimum absolute atomic E-state index is 1.04. The van der Waals surface area contributed by atoms with E-state index in [-0.39, 0.29) is 0 Å². The van der Waals surface area contributed by atoms with Crippen molar-refractivity contribution in [3.8, 4) is 0 Å². The van der Waals surface area contributed by atoms with E-state index in [1.54, 1.807) is 0 Å². The molecule has 0 amide bonds. The van der Waals surface area contributed by atoms with Crippen LogP contribution in [0.25, 0.3) is 10.9 Å². The maximum absolute atomic E-state index is 2.61. The molecule has 2 aromatic rings. The van der Waals surface area contributed by atoms with Gasteiger partial charge in [0.2, 0.25) is 0 Å². The molecule has 2 radical (unpaired) electrons. The fraction of sp³-hybridized carbons (Fsp3) is 0.200. The Labute approximate surface area is 80.9 Å². The molecule has 0 unspecified atom stereocenters. The van der Waals surface area contributed by atoms with Gasteiger partial charge in [0.05, 0.1) is 0 Å². The molecule has 0 N–H and O–H groups in total. The van der Waals surface area contributed by atoms with Crippen LogP contribution in [-0.4, -0.2) is 21.4 Å². The average molecular weight is 219 g/mol. The van der Waals surface area contributed by atoms with Gasteiger partial charge in [0.1, 0.15) is 0 Å². The van der Waals surface area contributed by atoms with E-state index in [2.05, 4.69) is 58.8 Å². The molecule has 0 aliphatic rings. The first-order valence-electron chi connectivity index (χ1n) is 3.97. The Morgan fingerprint density at radius 2 is 2.08 bits per heavy atom. The Bertz CT molecular complexity index is 403. The van der Waals surface area contributed by atoms with Gasteiger partial charge < -0.3 is 0 Å². The quantitative estimate of drug-likeness (QED) is 0.645. The summed E-state index contributed by atoms with van der Waals surface area (Å²) in [6.45, 7) is 0. The summed E-state index contributed by atoms with van der Waals surface area (Å²) in [6.07, 6.45) is 0. The molecule has 0 aliphatic carbocycles. The first kappa shape index (κ1) is 7.94. The van der Waals surface area contributed by atoms with Crippen molar-refractivity contribution < 1.29 is 0 Å².